The van der Waals surface area contributed by atoms with Crippen molar-refractivity contribution in [1.82, 2.24) is 9.62 Å². The van der Waals surface area contributed by atoms with E-state index >= 15 is 0 Å². The molecule has 8 heteroatoms. The molecule has 0 aliphatic rings. The van der Waals surface area contributed by atoms with Crippen LogP contribution in [-0.4, -0.2) is 44.3 Å². The van der Waals surface area contributed by atoms with Crippen LogP contribution in [0.15, 0.2) is 29.2 Å². The fourth-order valence-electron chi connectivity index (χ4n) is 1.78. The molecule has 0 fully saturated rings. The molecule has 1 aromatic carbocycles. The molecule has 0 radical (unpaired) electrons. The minimum absolute atomic E-state index is 0.0238. The van der Waals surface area contributed by atoms with E-state index in [4.69, 9.17) is 5.73 Å². The Balaban J connectivity index is 2.48. The Kier molecular flexibility index (Phi) is 6.67. The van der Waals surface area contributed by atoms with Crippen LogP contribution in [0, 0.1) is 5.82 Å². The largest absolute Gasteiger partial charge is 0.354 e. The summed E-state index contributed by atoms with van der Waals surface area (Å²) < 4.78 is 38.5. The lowest BCUT2D eigenvalue weighted by molar-refractivity contribution is -0.121. The SMILES string of the molecule is CN(CCCC(=O)NCC(C)(C)N)S(=O)(=O)c1ccc(F)cc1. The fraction of sp³-hybridized carbons (Fsp3) is 0.533. The van der Waals surface area contributed by atoms with Crippen molar-refractivity contribution in [3.63, 3.8) is 0 Å². The van der Waals surface area contributed by atoms with Crippen molar-refractivity contribution in [2.24, 2.45) is 5.73 Å². The minimum atomic E-state index is -3.67. The Morgan fingerprint density at radius 1 is 1.30 bits per heavy atom. The van der Waals surface area contributed by atoms with Crippen molar-refractivity contribution in [2.45, 2.75) is 37.1 Å². The number of nitrogens with one attached hydrogen (secondary N) is 1. The van der Waals surface area contributed by atoms with E-state index in [9.17, 15) is 17.6 Å². The average molecular weight is 345 g/mol. The average Bonchev–Trinajstić information content (AvgIpc) is 2.44. The number of amides is 1. The topological polar surface area (TPSA) is 92.5 Å². The summed E-state index contributed by atoms with van der Waals surface area (Å²) in [6, 6.07) is 4.64. The fourth-order valence-corrected chi connectivity index (χ4v) is 2.99. The summed E-state index contributed by atoms with van der Waals surface area (Å²) in [5.74, 6) is -0.665. The van der Waals surface area contributed by atoms with Crippen molar-refractivity contribution in [2.75, 3.05) is 20.1 Å². The number of nitrogens with two attached hydrogens (primary N) is 1. The highest BCUT2D eigenvalue weighted by molar-refractivity contribution is 7.89. The molecule has 130 valence electrons. The molecule has 0 aromatic heterocycles. The first-order valence-corrected chi connectivity index (χ1v) is 8.74. The number of hydrogen-bond acceptors (Lipinski definition) is 4. The van der Waals surface area contributed by atoms with Crippen molar-refractivity contribution >= 4 is 15.9 Å². The zero-order valence-electron chi connectivity index (χ0n) is 13.7. The van der Waals surface area contributed by atoms with Gasteiger partial charge in [-0.1, -0.05) is 0 Å². The summed E-state index contributed by atoms with van der Waals surface area (Å²) in [6.45, 7) is 4.15. The second kappa shape index (κ2) is 7.85. The van der Waals surface area contributed by atoms with Gasteiger partial charge in [-0.05, 0) is 44.5 Å². The molecule has 23 heavy (non-hydrogen) atoms. The molecule has 0 aliphatic heterocycles. The summed E-state index contributed by atoms with van der Waals surface area (Å²) in [5, 5.41) is 2.70. The minimum Gasteiger partial charge on any atom is -0.354 e. The van der Waals surface area contributed by atoms with Crippen LogP contribution in [0.2, 0.25) is 0 Å². The van der Waals surface area contributed by atoms with Crippen molar-refractivity contribution in [3.05, 3.63) is 30.1 Å². The van der Waals surface area contributed by atoms with Crippen LogP contribution in [0.4, 0.5) is 4.39 Å². The first-order chi connectivity index (χ1) is 10.5. The molecule has 3 N–H and O–H groups in total. The lowest BCUT2D eigenvalue weighted by Gasteiger charge is -2.19. The molecule has 0 unspecified atom stereocenters. The summed E-state index contributed by atoms with van der Waals surface area (Å²) >= 11 is 0. The van der Waals surface area contributed by atoms with E-state index in [0.717, 1.165) is 16.4 Å². The van der Waals surface area contributed by atoms with Gasteiger partial charge in [0, 0.05) is 32.1 Å². The molecule has 0 atom stereocenters. The summed E-state index contributed by atoms with van der Waals surface area (Å²) in [5.41, 5.74) is 5.28. The normalized spacial score (nSPS) is 12.4. The highest BCUT2D eigenvalue weighted by atomic mass is 32.2. The molecular formula is C15H24FN3O3S. The molecule has 0 bridgehead atoms. The van der Waals surface area contributed by atoms with Gasteiger partial charge in [0.05, 0.1) is 4.90 Å². The van der Waals surface area contributed by atoms with Gasteiger partial charge in [0.2, 0.25) is 15.9 Å². The standard InChI is InChI=1S/C15H24FN3O3S/c1-15(2,17)11-18-14(20)5-4-10-19(3)23(21,22)13-8-6-12(16)7-9-13/h6-9H,4-5,10-11,17H2,1-3H3,(H,18,20). The summed E-state index contributed by atoms with van der Waals surface area (Å²) in [6.07, 6.45) is 0.590. The predicted octanol–water partition coefficient (Wildman–Crippen LogP) is 1.08. The van der Waals surface area contributed by atoms with Gasteiger partial charge in [0.25, 0.3) is 0 Å². The van der Waals surface area contributed by atoms with E-state index < -0.39 is 21.4 Å². The predicted molar refractivity (Wildman–Crippen MR) is 86.7 cm³/mol. The Labute approximate surface area is 136 Å². The van der Waals surface area contributed by atoms with Crippen LogP contribution in [0.5, 0.6) is 0 Å². The number of halogens is 1. The second-order valence-electron chi connectivity index (χ2n) is 6.15. The number of rotatable bonds is 8. The first-order valence-electron chi connectivity index (χ1n) is 7.30. The lowest BCUT2D eigenvalue weighted by atomic mass is 10.1. The Hall–Kier alpha value is -1.51. The van der Waals surface area contributed by atoms with Crippen LogP contribution in [0.3, 0.4) is 0 Å². The highest BCUT2D eigenvalue weighted by Gasteiger charge is 2.20. The number of carbonyl (C=O) groups excluding carboxylic acids is 1. The summed E-state index contributed by atoms with van der Waals surface area (Å²) in [7, 11) is -2.24. The van der Waals surface area contributed by atoms with Gasteiger partial charge in [0.15, 0.2) is 0 Å². The van der Waals surface area contributed by atoms with Gasteiger partial charge in [-0.3, -0.25) is 4.79 Å². The number of carbonyl (C=O) groups is 1. The third-order valence-electron chi connectivity index (χ3n) is 3.14. The molecule has 0 spiro atoms. The van der Waals surface area contributed by atoms with Gasteiger partial charge < -0.3 is 11.1 Å². The Bertz CT molecular complexity index is 624. The molecule has 0 saturated carbocycles. The van der Waals surface area contributed by atoms with Gasteiger partial charge in [0.1, 0.15) is 5.82 Å². The van der Waals surface area contributed by atoms with Crippen molar-refractivity contribution in [1.29, 1.82) is 0 Å². The van der Waals surface area contributed by atoms with E-state index in [0.29, 0.717) is 13.0 Å². The number of hydrogen-bond donors (Lipinski definition) is 2. The molecule has 1 amide bonds. The molecule has 6 nitrogen and oxygen atoms in total. The van der Waals surface area contributed by atoms with Crippen LogP contribution < -0.4 is 11.1 Å². The zero-order valence-corrected chi connectivity index (χ0v) is 14.5. The molecule has 0 saturated heterocycles. The van der Waals surface area contributed by atoms with Crippen LogP contribution >= 0.6 is 0 Å². The molecule has 0 aliphatic carbocycles. The van der Waals surface area contributed by atoms with E-state index in [1.807, 2.05) is 0 Å². The van der Waals surface area contributed by atoms with Crippen LogP contribution in [-0.2, 0) is 14.8 Å². The second-order valence-corrected chi connectivity index (χ2v) is 8.19. The maximum absolute atomic E-state index is 12.9. The molecule has 0 heterocycles. The van der Waals surface area contributed by atoms with E-state index in [2.05, 4.69) is 5.32 Å². The monoisotopic (exact) mass is 345 g/mol. The molecule has 1 rings (SSSR count). The lowest BCUT2D eigenvalue weighted by Crippen LogP contribution is -2.45. The smallest absolute Gasteiger partial charge is 0.242 e. The number of benzene rings is 1. The maximum atomic E-state index is 12.9. The van der Waals surface area contributed by atoms with Crippen LogP contribution in [0.25, 0.3) is 0 Å². The van der Waals surface area contributed by atoms with Gasteiger partial charge in [-0.25, -0.2) is 17.1 Å². The number of nitrogens with zero attached hydrogens (tertiary/aromatic N) is 1. The maximum Gasteiger partial charge on any atom is 0.242 e. The number of sulfonamides is 1. The van der Waals surface area contributed by atoms with Crippen molar-refractivity contribution in [3.8, 4) is 0 Å². The zero-order chi connectivity index (χ0) is 17.7. The van der Waals surface area contributed by atoms with Gasteiger partial charge in [-0.15, -0.1) is 0 Å². The quantitative estimate of drug-likeness (QED) is 0.737. The van der Waals surface area contributed by atoms with Crippen LogP contribution in [0.1, 0.15) is 26.7 Å². The molecular weight excluding hydrogens is 321 g/mol. The third-order valence-corrected chi connectivity index (χ3v) is 5.01. The Morgan fingerprint density at radius 2 is 1.87 bits per heavy atom. The summed E-state index contributed by atoms with van der Waals surface area (Å²) in [4.78, 5) is 11.7. The van der Waals surface area contributed by atoms with E-state index in [1.54, 1.807) is 13.8 Å². The first kappa shape index (κ1) is 19.5. The Morgan fingerprint density at radius 3 is 2.39 bits per heavy atom. The third kappa shape index (κ3) is 6.64. The molecule has 1 aromatic rings. The van der Waals surface area contributed by atoms with Gasteiger partial charge >= 0.3 is 0 Å². The van der Waals surface area contributed by atoms with Gasteiger partial charge in [-0.2, -0.15) is 0 Å². The van der Waals surface area contributed by atoms with Crippen molar-refractivity contribution < 1.29 is 17.6 Å². The highest BCUT2D eigenvalue weighted by Crippen LogP contribution is 2.15. The van der Waals surface area contributed by atoms with E-state index in [1.165, 1.54) is 19.2 Å². The van der Waals surface area contributed by atoms with E-state index in [-0.39, 0.29) is 23.8 Å².